The van der Waals surface area contributed by atoms with E-state index in [9.17, 15) is 29.2 Å². The Bertz CT molecular complexity index is 1290. The SMILES string of the molecule is CNC(=O)C1c2c(cc([N+](=O)[O-])c(-c3cccc(C(=O)O)c3)c2F)OC1c1ccc(F)cc1. The quantitative estimate of drug-likeness (QED) is 0.441. The molecule has 0 aliphatic carbocycles. The predicted octanol–water partition coefficient (Wildman–Crippen LogP) is 4.20. The summed E-state index contributed by atoms with van der Waals surface area (Å²) < 4.78 is 35.1. The van der Waals surface area contributed by atoms with Gasteiger partial charge in [0.25, 0.3) is 5.69 Å². The number of carboxylic acid groups (broad SMARTS) is 1. The number of ether oxygens (including phenoxy) is 1. The molecule has 10 heteroatoms. The monoisotopic (exact) mass is 454 g/mol. The number of carboxylic acids is 1. The molecule has 1 aliphatic heterocycles. The molecule has 0 aromatic heterocycles. The van der Waals surface area contributed by atoms with Gasteiger partial charge >= 0.3 is 5.97 Å². The second-order valence-corrected chi connectivity index (χ2v) is 7.32. The molecular weight excluding hydrogens is 438 g/mol. The highest BCUT2D eigenvalue weighted by Gasteiger charge is 2.45. The molecule has 3 aromatic carbocycles. The summed E-state index contributed by atoms with van der Waals surface area (Å²) >= 11 is 0. The van der Waals surface area contributed by atoms with E-state index < -0.39 is 51.7 Å². The molecule has 0 radical (unpaired) electrons. The third-order valence-electron chi connectivity index (χ3n) is 5.44. The Hall–Kier alpha value is -4.34. The zero-order valence-corrected chi connectivity index (χ0v) is 17.0. The molecule has 1 aliphatic rings. The number of nitrogens with one attached hydrogen (secondary N) is 1. The van der Waals surface area contributed by atoms with Crippen LogP contribution in [0, 0.1) is 21.7 Å². The van der Waals surface area contributed by atoms with Crippen LogP contribution >= 0.6 is 0 Å². The lowest BCUT2D eigenvalue weighted by atomic mass is 9.87. The highest BCUT2D eigenvalue weighted by molar-refractivity contribution is 5.92. The van der Waals surface area contributed by atoms with Crippen molar-refractivity contribution >= 4 is 17.6 Å². The Morgan fingerprint density at radius 2 is 1.82 bits per heavy atom. The molecule has 2 unspecified atom stereocenters. The van der Waals surface area contributed by atoms with Crippen LogP contribution in [0.15, 0.2) is 54.6 Å². The van der Waals surface area contributed by atoms with Crippen LogP contribution in [0.25, 0.3) is 11.1 Å². The van der Waals surface area contributed by atoms with Crippen molar-refractivity contribution in [1.29, 1.82) is 0 Å². The summed E-state index contributed by atoms with van der Waals surface area (Å²) in [4.78, 5) is 35.1. The van der Waals surface area contributed by atoms with E-state index in [0.717, 1.165) is 24.3 Å². The van der Waals surface area contributed by atoms with Crippen LogP contribution in [-0.2, 0) is 4.79 Å². The number of nitrogens with zero attached hydrogens (tertiary/aromatic N) is 1. The lowest BCUT2D eigenvalue weighted by molar-refractivity contribution is -0.384. The van der Waals surface area contributed by atoms with E-state index in [1.165, 1.54) is 37.4 Å². The smallest absolute Gasteiger partial charge is 0.335 e. The van der Waals surface area contributed by atoms with Gasteiger partial charge in [-0.1, -0.05) is 24.3 Å². The minimum Gasteiger partial charge on any atom is -0.484 e. The van der Waals surface area contributed by atoms with E-state index in [1.54, 1.807) is 0 Å². The molecular formula is C23H16F2N2O6. The molecule has 0 saturated heterocycles. The molecule has 168 valence electrons. The molecule has 1 heterocycles. The molecule has 2 atom stereocenters. The van der Waals surface area contributed by atoms with Gasteiger partial charge in [0.2, 0.25) is 5.91 Å². The van der Waals surface area contributed by atoms with E-state index in [1.807, 2.05) is 0 Å². The van der Waals surface area contributed by atoms with Crippen LogP contribution < -0.4 is 10.1 Å². The van der Waals surface area contributed by atoms with Crippen LogP contribution in [0.1, 0.15) is 33.5 Å². The first kappa shape index (κ1) is 21.9. The maximum absolute atomic E-state index is 15.9. The van der Waals surface area contributed by atoms with Gasteiger partial charge in [-0.25, -0.2) is 13.6 Å². The maximum Gasteiger partial charge on any atom is 0.335 e. The second kappa shape index (κ2) is 8.30. The van der Waals surface area contributed by atoms with Gasteiger partial charge in [0.1, 0.15) is 29.4 Å². The third kappa shape index (κ3) is 3.75. The fourth-order valence-electron chi connectivity index (χ4n) is 3.94. The lowest BCUT2D eigenvalue weighted by Gasteiger charge is -2.18. The summed E-state index contributed by atoms with van der Waals surface area (Å²) in [5, 5.41) is 23.5. The fourth-order valence-corrected chi connectivity index (χ4v) is 3.94. The van der Waals surface area contributed by atoms with Crippen molar-refractivity contribution in [3.05, 3.63) is 93.0 Å². The number of nitro groups is 1. The molecule has 1 amide bonds. The summed E-state index contributed by atoms with van der Waals surface area (Å²) in [6.07, 6.45) is -1.06. The average Bonchev–Trinajstić information content (AvgIpc) is 3.18. The third-order valence-corrected chi connectivity index (χ3v) is 5.44. The van der Waals surface area contributed by atoms with Crippen molar-refractivity contribution < 1.29 is 33.1 Å². The van der Waals surface area contributed by atoms with E-state index >= 15 is 4.39 Å². The number of nitro benzene ring substituents is 1. The topological polar surface area (TPSA) is 119 Å². The number of rotatable bonds is 5. The number of halogens is 2. The van der Waals surface area contributed by atoms with E-state index in [-0.39, 0.29) is 22.4 Å². The van der Waals surface area contributed by atoms with Crippen molar-refractivity contribution in [2.75, 3.05) is 7.05 Å². The highest BCUT2D eigenvalue weighted by Crippen LogP contribution is 2.51. The van der Waals surface area contributed by atoms with Crippen molar-refractivity contribution in [2.45, 2.75) is 12.0 Å². The molecule has 33 heavy (non-hydrogen) atoms. The molecule has 0 fully saturated rings. The maximum atomic E-state index is 15.9. The Balaban J connectivity index is 1.96. The van der Waals surface area contributed by atoms with Gasteiger partial charge in [0.15, 0.2) is 0 Å². The van der Waals surface area contributed by atoms with Gasteiger partial charge in [-0.3, -0.25) is 14.9 Å². The van der Waals surface area contributed by atoms with Crippen molar-refractivity contribution in [1.82, 2.24) is 5.32 Å². The molecule has 0 bridgehead atoms. The van der Waals surface area contributed by atoms with Crippen LogP contribution in [0.4, 0.5) is 14.5 Å². The van der Waals surface area contributed by atoms with Crippen LogP contribution in [0.3, 0.4) is 0 Å². The molecule has 8 nitrogen and oxygen atoms in total. The summed E-state index contributed by atoms with van der Waals surface area (Å²) in [6, 6.07) is 11.1. The van der Waals surface area contributed by atoms with Gasteiger partial charge in [0.05, 0.1) is 22.1 Å². The summed E-state index contributed by atoms with van der Waals surface area (Å²) in [5.74, 6) is -4.91. The summed E-state index contributed by atoms with van der Waals surface area (Å²) in [7, 11) is 1.35. The second-order valence-electron chi connectivity index (χ2n) is 7.32. The first-order valence-corrected chi connectivity index (χ1v) is 9.71. The number of hydrogen-bond donors (Lipinski definition) is 2. The fraction of sp³-hybridized carbons (Fsp3) is 0.130. The zero-order valence-electron chi connectivity index (χ0n) is 17.0. The number of fused-ring (bicyclic) bond motifs is 1. The summed E-state index contributed by atoms with van der Waals surface area (Å²) in [6.45, 7) is 0. The number of benzene rings is 3. The Labute approximate surface area is 185 Å². The largest absolute Gasteiger partial charge is 0.484 e. The van der Waals surface area contributed by atoms with Crippen LogP contribution in [0.5, 0.6) is 5.75 Å². The van der Waals surface area contributed by atoms with Gasteiger partial charge < -0.3 is 15.2 Å². The average molecular weight is 454 g/mol. The first-order chi connectivity index (χ1) is 15.7. The minimum atomic E-state index is -1.29. The van der Waals surface area contributed by atoms with E-state index in [2.05, 4.69) is 5.32 Å². The molecule has 0 saturated carbocycles. The predicted molar refractivity (Wildman–Crippen MR) is 112 cm³/mol. The van der Waals surface area contributed by atoms with Gasteiger partial charge in [-0.05, 0) is 35.4 Å². The highest BCUT2D eigenvalue weighted by atomic mass is 19.1. The normalized spacial score (nSPS) is 16.6. The lowest BCUT2D eigenvalue weighted by Crippen LogP contribution is -2.29. The molecule has 0 spiro atoms. The van der Waals surface area contributed by atoms with Crippen molar-refractivity contribution in [3.8, 4) is 16.9 Å². The number of amides is 1. The number of hydrogen-bond acceptors (Lipinski definition) is 5. The van der Waals surface area contributed by atoms with Crippen molar-refractivity contribution in [3.63, 3.8) is 0 Å². The Morgan fingerprint density at radius 1 is 1.12 bits per heavy atom. The van der Waals surface area contributed by atoms with Crippen molar-refractivity contribution in [2.24, 2.45) is 0 Å². The van der Waals surface area contributed by atoms with Gasteiger partial charge in [0, 0.05) is 12.6 Å². The molecule has 2 N–H and O–H groups in total. The number of likely N-dealkylation sites (N-methyl/N-ethyl adjacent to an activating group) is 1. The van der Waals surface area contributed by atoms with Gasteiger partial charge in [-0.15, -0.1) is 0 Å². The summed E-state index contributed by atoms with van der Waals surface area (Å²) in [5.41, 5.74) is -1.17. The number of carbonyl (C=O) groups excluding carboxylic acids is 1. The van der Waals surface area contributed by atoms with E-state index in [0.29, 0.717) is 5.56 Å². The van der Waals surface area contributed by atoms with Crippen LogP contribution in [-0.4, -0.2) is 29.0 Å². The van der Waals surface area contributed by atoms with Crippen LogP contribution in [0.2, 0.25) is 0 Å². The zero-order chi connectivity index (χ0) is 23.9. The Kier molecular flexibility index (Phi) is 5.50. The number of carbonyl (C=O) groups is 2. The standard InChI is InChI=1S/C23H16F2N2O6/c1-26-22(28)19-18-16(33-21(19)11-5-7-14(24)8-6-11)10-15(27(31)32)17(20(18)25)12-3-2-4-13(9-12)23(29)30/h2-10,19,21H,1H3,(H,26,28)(H,29,30). The molecule has 3 aromatic rings. The first-order valence-electron chi connectivity index (χ1n) is 9.71. The minimum absolute atomic E-state index is 0.0391. The number of aromatic carboxylic acids is 1. The Morgan fingerprint density at radius 3 is 2.42 bits per heavy atom. The molecule has 4 rings (SSSR count). The van der Waals surface area contributed by atoms with Gasteiger partial charge in [-0.2, -0.15) is 0 Å². The van der Waals surface area contributed by atoms with E-state index in [4.69, 9.17) is 4.74 Å².